The van der Waals surface area contributed by atoms with Crippen molar-refractivity contribution in [3.05, 3.63) is 59.5 Å². The third kappa shape index (κ3) is 3.86. The van der Waals surface area contributed by atoms with Crippen LogP contribution in [0.15, 0.2) is 47.1 Å². The van der Waals surface area contributed by atoms with E-state index in [0.29, 0.717) is 23.9 Å². The Labute approximate surface area is 143 Å². The van der Waals surface area contributed by atoms with Crippen molar-refractivity contribution in [2.24, 2.45) is 0 Å². The highest BCUT2D eigenvalue weighted by molar-refractivity contribution is 5.94. The number of hydrogen-bond donors (Lipinski definition) is 1. The summed E-state index contributed by atoms with van der Waals surface area (Å²) in [6, 6.07) is 12.7. The Morgan fingerprint density at radius 1 is 1.25 bits per heavy atom. The van der Waals surface area contributed by atoms with Crippen LogP contribution in [0, 0.1) is 6.92 Å². The van der Waals surface area contributed by atoms with E-state index in [1.165, 1.54) is 5.56 Å². The molecular weight excluding hydrogens is 302 g/mol. The predicted molar refractivity (Wildman–Crippen MR) is 94.0 cm³/mol. The Balaban J connectivity index is 1.58. The second-order valence-corrected chi connectivity index (χ2v) is 6.37. The van der Waals surface area contributed by atoms with Gasteiger partial charge in [-0.2, -0.15) is 0 Å². The van der Waals surface area contributed by atoms with Crippen LogP contribution in [-0.2, 0) is 0 Å². The van der Waals surface area contributed by atoms with Gasteiger partial charge in [0.2, 0.25) is 0 Å². The maximum atomic E-state index is 12.2. The van der Waals surface area contributed by atoms with Gasteiger partial charge in [0.25, 0.3) is 5.91 Å². The summed E-state index contributed by atoms with van der Waals surface area (Å²) in [5.74, 6) is 0.598. The van der Waals surface area contributed by atoms with E-state index in [1.54, 1.807) is 19.3 Å². The first-order valence-corrected chi connectivity index (χ1v) is 8.45. The van der Waals surface area contributed by atoms with Crippen molar-refractivity contribution in [3.8, 4) is 0 Å². The highest BCUT2D eigenvalue weighted by Gasteiger charge is 2.26. The molecule has 1 aliphatic heterocycles. The first-order chi connectivity index (χ1) is 11.6. The standard InChI is InChI=1S/C19H25N3O2/c1-15-17(8-13-24-15)19(23)20-9-10-22-12-11-21(2)14-18(22)16-6-4-3-5-7-16/h3-8,13,18H,9-12,14H2,1-2H3,(H,20,23). The second kappa shape index (κ2) is 7.64. The van der Waals surface area contributed by atoms with E-state index in [9.17, 15) is 4.79 Å². The molecule has 0 aliphatic carbocycles. The number of nitrogens with one attached hydrogen (secondary N) is 1. The zero-order chi connectivity index (χ0) is 16.9. The van der Waals surface area contributed by atoms with Crippen LogP contribution in [0.1, 0.15) is 27.7 Å². The first-order valence-electron chi connectivity index (χ1n) is 8.45. The molecule has 2 heterocycles. The Morgan fingerprint density at radius 2 is 2.04 bits per heavy atom. The van der Waals surface area contributed by atoms with Crippen LogP contribution >= 0.6 is 0 Å². The summed E-state index contributed by atoms with van der Waals surface area (Å²) in [5, 5.41) is 3.00. The summed E-state index contributed by atoms with van der Waals surface area (Å²) in [5.41, 5.74) is 1.95. The number of furan rings is 1. The van der Waals surface area contributed by atoms with Gasteiger partial charge >= 0.3 is 0 Å². The van der Waals surface area contributed by atoms with Crippen molar-refractivity contribution in [2.75, 3.05) is 39.8 Å². The van der Waals surface area contributed by atoms with Gasteiger partial charge < -0.3 is 14.6 Å². The van der Waals surface area contributed by atoms with E-state index in [1.807, 2.05) is 6.07 Å². The number of benzene rings is 1. The minimum absolute atomic E-state index is 0.0633. The molecule has 1 N–H and O–H groups in total. The average molecular weight is 327 g/mol. The van der Waals surface area contributed by atoms with Gasteiger partial charge in [0.05, 0.1) is 11.8 Å². The maximum Gasteiger partial charge on any atom is 0.254 e. The molecule has 1 amide bonds. The summed E-state index contributed by atoms with van der Waals surface area (Å²) >= 11 is 0. The van der Waals surface area contributed by atoms with Crippen molar-refractivity contribution >= 4 is 5.91 Å². The number of rotatable bonds is 5. The van der Waals surface area contributed by atoms with E-state index >= 15 is 0 Å². The molecule has 0 spiro atoms. The molecular formula is C19H25N3O2. The zero-order valence-electron chi connectivity index (χ0n) is 14.4. The maximum absolute atomic E-state index is 12.2. The van der Waals surface area contributed by atoms with E-state index in [4.69, 9.17) is 4.42 Å². The van der Waals surface area contributed by atoms with Crippen LogP contribution in [-0.4, -0.2) is 55.5 Å². The van der Waals surface area contributed by atoms with Crippen molar-refractivity contribution in [1.29, 1.82) is 0 Å². The Morgan fingerprint density at radius 3 is 2.75 bits per heavy atom. The number of hydrogen-bond acceptors (Lipinski definition) is 4. The molecule has 1 aliphatic rings. The SMILES string of the molecule is Cc1occc1C(=O)NCCN1CCN(C)CC1c1ccccc1. The van der Waals surface area contributed by atoms with Gasteiger partial charge in [-0.15, -0.1) is 0 Å². The molecule has 1 aromatic heterocycles. The fourth-order valence-corrected chi connectivity index (χ4v) is 3.24. The summed E-state index contributed by atoms with van der Waals surface area (Å²) in [6.07, 6.45) is 1.55. The normalized spacial score (nSPS) is 19.3. The number of nitrogens with zero attached hydrogens (tertiary/aromatic N) is 2. The van der Waals surface area contributed by atoms with Gasteiger partial charge in [0, 0.05) is 38.8 Å². The minimum atomic E-state index is -0.0633. The third-order valence-electron chi connectivity index (χ3n) is 4.67. The summed E-state index contributed by atoms with van der Waals surface area (Å²) in [7, 11) is 2.16. The molecule has 1 saturated heterocycles. The van der Waals surface area contributed by atoms with Crippen LogP contribution in [0.5, 0.6) is 0 Å². The molecule has 5 heteroatoms. The van der Waals surface area contributed by atoms with Gasteiger partial charge in [-0.25, -0.2) is 0 Å². The molecule has 5 nitrogen and oxygen atoms in total. The molecule has 1 fully saturated rings. The minimum Gasteiger partial charge on any atom is -0.469 e. The second-order valence-electron chi connectivity index (χ2n) is 6.37. The van der Waals surface area contributed by atoms with Gasteiger partial charge in [0.15, 0.2) is 0 Å². The highest BCUT2D eigenvalue weighted by Crippen LogP contribution is 2.24. The predicted octanol–water partition coefficient (Wildman–Crippen LogP) is 2.31. The molecule has 0 bridgehead atoms. The Hall–Kier alpha value is -2.11. The number of carbonyl (C=O) groups excluding carboxylic acids is 1. The molecule has 1 aromatic carbocycles. The number of carbonyl (C=O) groups is 1. The van der Waals surface area contributed by atoms with Crippen molar-refractivity contribution in [3.63, 3.8) is 0 Å². The van der Waals surface area contributed by atoms with Gasteiger partial charge in [0.1, 0.15) is 5.76 Å². The molecule has 0 radical (unpaired) electrons. The lowest BCUT2D eigenvalue weighted by molar-refractivity contribution is 0.0842. The zero-order valence-corrected chi connectivity index (χ0v) is 14.4. The largest absolute Gasteiger partial charge is 0.469 e. The number of aryl methyl sites for hydroxylation is 1. The van der Waals surface area contributed by atoms with E-state index in [0.717, 1.165) is 26.2 Å². The lowest BCUT2D eigenvalue weighted by Gasteiger charge is -2.40. The lowest BCUT2D eigenvalue weighted by Crippen LogP contribution is -2.49. The number of amides is 1. The molecule has 3 rings (SSSR count). The highest BCUT2D eigenvalue weighted by atomic mass is 16.3. The fourth-order valence-electron chi connectivity index (χ4n) is 3.24. The number of piperazine rings is 1. The lowest BCUT2D eigenvalue weighted by atomic mass is 10.0. The Bertz CT molecular complexity index is 668. The summed E-state index contributed by atoms with van der Waals surface area (Å²) in [6.45, 7) is 6.36. The van der Waals surface area contributed by atoms with E-state index in [-0.39, 0.29) is 5.91 Å². The quantitative estimate of drug-likeness (QED) is 0.915. The van der Waals surface area contributed by atoms with E-state index < -0.39 is 0 Å². The van der Waals surface area contributed by atoms with Crippen molar-refractivity contribution in [2.45, 2.75) is 13.0 Å². The number of likely N-dealkylation sites (N-methyl/N-ethyl adjacent to an activating group) is 1. The van der Waals surface area contributed by atoms with Crippen LogP contribution in [0.2, 0.25) is 0 Å². The van der Waals surface area contributed by atoms with E-state index in [2.05, 4.69) is 46.4 Å². The monoisotopic (exact) mass is 327 g/mol. The Kier molecular flexibility index (Phi) is 5.33. The molecule has 128 valence electrons. The van der Waals surface area contributed by atoms with Crippen molar-refractivity contribution in [1.82, 2.24) is 15.1 Å². The third-order valence-corrected chi connectivity index (χ3v) is 4.67. The average Bonchev–Trinajstić information content (AvgIpc) is 3.03. The van der Waals surface area contributed by atoms with Crippen LogP contribution in [0.3, 0.4) is 0 Å². The molecule has 1 unspecified atom stereocenters. The topological polar surface area (TPSA) is 48.7 Å². The molecule has 0 saturated carbocycles. The van der Waals surface area contributed by atoms with Crippen molar-refractivity contribution < 1.29 is 9.21 Å². The molecule has 2 aromatic rings. The van der Waals surface area contributed by atoms with Crippen LogP contribution in [0.25, 0.3) is 0 Å². The fraction of sp³-hybridized carbons (Fsp3) is 0.421. The van der Waals surface area contributed by atoms with Crippen LogP contribution in [0.4, 0.5) is 0 Å². The van der Waals surface area contributed by atoms with Gasteiger partial charge in [-0.05, 0) is 25.6 Å². The first kappa shape index (κ1) is 16.7. The smallest absolute Gasteiger partial charge is 0.254 e. The summed E-state index contributed by atoms with van der Waals surface area (Å²) < 4.78 is 5.19. The van der Waals surface area contributed by atoms with Gasteiger partial charge in [-0.3, -0.25) is 9.69 Å². The summed E-state index contributed by atoms with van der Waals surface area (Å²) in [4.78, 5) is 17.0. The van der Waals surface area contributed by atoms with Gasteiger partial charge in [-0.1, -0.05) is 30.3 Å². The molecule has 1 atom stereocenters. The molecule has 24 heavy (non-hydrogen) atoms. The van der Waals surface area contributed by atoms with Crippen LogP contribution < -0.4 is 5.32 Å².